The number of anilines is 2. The van der Waals surface area contributed by atoms with Gasteiger partial charge in [-0.05, 0) is 13.8 Å². The number of hydrogen-bond donors (Lipinski definition) is 2. The molecule has 11 heavy (non-hydrogen) atoms. The average molecular weight is 154 g/mol. The minimum atomic E-state index is 0.368. The number of aromatic nitrogens is 2. The zero-order valence-electron chi connectivity index (χ0n) is 7.13. The van der Waals surface area contributed by atoms with E-state index < -0.39 is 0 Å². The molecular formula is C7H14N4. The third-order valence-electron chi connectivity index (χ3n) is 1.28. The molecule has 0 saturated carbocycles. The highest BCUT2D eigenvalue weighted by atomic mass is 15.3. The summed E-state index contributed by atoms with van der Waals surface area (Å²) in [7, 11) is 1.85. The van der Waals surface area contributed by atoms with Crippen LogP contribution in [-0.2, 0) is 7.05 Å². The third kappa shape index (κ3) is 1.86. The summed E-state index contributed by atoms with van der Waals surface area (Å²) in [5.74, 6) is 0.766. The van der Waals surface area contributed by atoms with Crippen LogP contribution in [0.5, 0.6) is 0 Å². The van der Waals surface area contributed by atoms with E-state index in [9.17, 15) is 0 Å². The highest BCUT2D eigenvalue weighted by molar-refractivity contribution is 5.60. The van der Waals surface area contributed by atoms with E-state index in [-0.39, 0.29) is 0 Å². The van der Waals surface area contributed by atoms with Crippen LogP contribution < -0.4 is 11.1 Å². The average Bonchev–Trinajstić information content (AvgIpc) is 2.09. The first kappa shape index (κ1) is 7.91. The fourth-order valence-electron chi connectivity index (χ4n) is 0.892. The Morgan fingerprint density at radius 1 is 1.64 bits per heavy atom. The molecule has 0 fully saturated rings. The van der Waals surface area contributed by atoms with Crippen molar-refractivity contribution in [2.45, 2.75) is 19.9 Å². The molecule has 0 atom stereocenters. The van der Waals surface area contributed by atoms with Crippen molar-refractivity contribution in [2.24, 2.45) is 7.05 Å². The molecule has 0 bridgehead atoms. The van der Waals surface area contributed by atoms with Gasteiger partial charge in [0, 0.05) is 19.3 Å². The van der Waals surface area contributed by atoms with Gasteiger partial charge in [-0.15, -0.1) is 0 Å². The largest absolute Gasteiger partial charge is 0.394 e. The molecule has 4 heteroatoms. The van der Waals surface area contributed by atoms with Crippen LogP contribution in [0, 0.1) is 0 Å². The van der Waals surface area contributed by atoms with E-state index in [2.05, 4.69) is 10.4 Å². The summed E-state index contributed by atoms with van der Waals surface area (Å²) in [5, 5.41) is 7.27. The quantitative estimate of drug-likeness (QED) is 0.663. The van der Waals surface area contributed by atoms with E-state index in [1.165, 1.54) is 0 Å². The van der Waals surface area contributed by atoms with E-state index >= 15 is 0 Å². The van der Waals surface area contributed by atoms with E-state index in [4.69, 9.17) is 5.73 Å². The summed E-state index contributed by atoms with van der Waals surface area (Å²) in [6.45, 7) is 4.10. The molecule has 0 aliphatic heterocycles. The zero-order valence-corrected chi connectivity index (χ0v) is 7.13. The SMILES string of the molecule is CC(C)Nc1nn(C)cc1N. The highest BCUT2D eigenvalue weighted by Crippen LogP contribution is 2.14. The monoisotopic (exact) mass is 154 g/mol. The lowest BCUT2D eigenvalue weighted by molar-refractivity contribution is 0.762. The van der Waals surface area contributed by atoms with Crippen LogP contribution in [-0.4, -0.2) is 15.8 Å². The number of nitrogens with one attached hydrogen (secondary N) is 1. The van der Waals surface area contributed by atoms with Crippen molar-refractivity contribution < 1.29 is 0 Å². The van der Waals surface area contributed by atoms with Gasteiger partial charge in [0.05, 0.1) is 5.69 Å². The van der Waals surface area contributed by atoms with Crippen LogP contribution in [0.2, 0.25) is 0 Å². The molecule has 0 saturated heterocycles. The molecular weight excluding hydrogens is 140 g/mol. The van der Waals surface area contributed by atoms with Gasteiger partial charge in [0.2, 0.25) is 0 Å². The van der Waals surface area contributed by atoms with Crippen molar-refractivity contribution in [1.82, 2.24) is 9.78 Å². The molecule has 1 rings (SSSR count). The van der Waals surface area contributed by atoms with E-state index in [0.29, 0.717) is 11.7 Å². The number of hydrogen-bond acceptors (Lipinski definition) is 3. The Morgan fingerprint density at radius 2 is 2.27 bits per heavy atom. The molecule has 0 aliphatic rings. The van der Waals surface area contributed by atoms with Gasteiger partial charge in [0.1, 0.15) is 0 Å². The fraction of sp³-hybridized carbons (Fsp3) is 0.571. The molecule has 62 valence electrons. The molecule has 0 aromatic carbocycles. The summed E-state index contributed by atoms with van der Waals surface area (Å²) < 4.78 is 1.69. The van der Waals surface area contributed by atoms with Crippen LogP contribution >= 0.6 is 0 Å². The second kappa shape index (κ2) is 2.82. The summed E-state index contributed by atoms with van der Waals surface area (Å²) in [6.07, 6.45) is 1.78. The number of aryl methyl sites for hydroxylation is 1. The maximum absolute atomic E-state index is 5.64. The maximum Gasteiger partial charge on any atom is 0.171 e. The van der Waals surface area contributed by atoms with E-state index in [0.717, 1.165) is 5.82 Å². The van der Waals surface area contributed by atoms with Crippen molar-refractivity contribution in [3.05, 3.63) is 6.20 Å². The fourth-order valence-corrected chi connectivity index (χ4v) is 0.892. The van der Waals surface area contributed by atoms with Crippen LogP contribution in [0.25, 0.3) is 0 Å². The number of rotatable bonds is 2. The number of nitrogen functional groups attached to an aromatic ring is 1. The topological polar surface area (TPSA) is 55.9 Å². The second-order valence-corrected chi connectivity index (χ2v) is 2.91. The second-order valence-electron chi connectivity index (χ2n) is 2.91. The summed E-state index contributed by atoms with van der Waals surface area (Å²) in [6, 6.07) is 0.368. The number of nitrogens with two attached hydrogens (primary N) is 1. The molecule has 1 heterocycles. The Bertz CT molecular complexity index is 239. The van der Waals surface area contributed by atoms with Crippen molar-refractivity contribution in [2.75, 3.05) is 11.1 Å². The zero-order chi connectivity index (χ0) is 8.43. The minimum absolute atomic E-state index is 0.368. The molecule has 1 aromatic rings. The number of nitrogens with zero attached hydrogens (tertiary/aromatic N) is 2. The van der Waals surface area contributed by atoms with Crippen LogP contribution in [0.4, 0.5) is 11.5 Å². The normalized spacial score (nSPS) is 10.5. The van der Waals surface area contributed by atoms with Crippen molar-refractivity contribution in [3.63, 3.8) is 0 Å². The lowest BCUT2D eigenvalue weighted by Gasteiger charge is -2.06. The Morgan fingerprint density at radius 3 is 2.64 bits per heavy atom. The van der Waals surface area contributed by atoms with Gasteiger partial charge in [-0.3, -0.25) is 4.68 Å². The Hall–Kier alpha value is -1.19. The molecule has 0 amide bonds. The van der Waals surface area contributed by atoms with E-state index in [1.807, 2.05) is 20.9 Å². The molecule has 0 unspecified atom stereocenters. The smallest absolute Gasteiger partial charge is 0.171 e. The van der Waals surface area contributed by atoms with E-state index in [1.54, 1.807) is 10.9 Å². The van der Waals surface area contributed by atoms with Gasteiger partial charge in [0.25, 0.3) is 0 Å². The summed E-state index contributed by atoms with van der Waals surface area (Å²) in [5.41, 5.74) is 6.34. The molecule has 0 aliphatic carbocycles. The first-order valence-corrected chi connectivity index (χ1v) is 3.65. The minimum Gasteiger partial charge on any atom is -0.394 e. The highest BCUT2D eigenvalue weighted by Gasteiger charge is 2.03. The molecule has 3 N–H and O–H groups in total. The Labute approximate surface area is 66.4 Å². The van der Waals surface area contributed by atoms with Crippen LogP contribution in [0.1, 0.15) is 13.8 Å². The standard InChI is InChI=1S/C7H14N4/c1-5(2)9-7-6(8)4-11(3)10-7/h4-5H,8H2,1-3H3,(H,9,10). The van der Waals surface area contributed by atoms with Crippen molar-refractivity contribution in [1.29, 1.82) is 0 Å². The first-order valence-electron chi connectivity index (χ1n) is 3.65. The third-order valence-corrected chi connectivity index (χ3v) is 1.28. The molecule has 4 nitrogen and oxygen atoms in total. The Balaban J connectivity index is 2.77. The van der Waals surface area contributed by atoms with Crippen molar-refractivity contribution in [3.8, 4) is 0 Å². The Kier molecular flexibility index (Phi) is 2.03. The van der Waals surface area contributed by atoms with Gasteiger partial charge >= 0.3 is 0 Å². The van der Waals surface area contributed by atoms with Gasteiger partial charge in [0.15, 0.2) is 5.82 Å². The maximum atomic E-state index is 5.64. The molecule has 0 radical (unpaired) electrons. The summed E-state index contributed by atoms with van der Waals surface area (Å²) in [4.78, 5) is 0. The summed E-state index contributed by atoms with van der Waals surface area (Å²) >= 11 is 0. The van der Waals surface area contributed by atoms with Gasteiger partial charge in [-0.25, -0.2) is 0 Å². The lowest BCUT2D eigenvalue weighted by Crippen LogP contribution is -2.11. The van der Waals surface area contributed by atoms with Crippen LogP contribution in [0.15, 0.2) is 6.20 Å². The lowest BCUT2D eigenvalue weighted by atomic mass is 10.4. The van der Waals surface area contributed by atoms with Gasteiger partial charge in [-0.1, -0.05) is 0 Å². The van der Waals surface area contributed by atoms with Gasteiger partial charge < -0.3 is 11.1 Å². The van der Waals surface area contributed by atoms with Crippen LogP contribution in [0.3, 0.4) is 0 Å². The first-order chi connectivity index (χ1) is 5.09. The molecule has 0 spiro atoms. The predicted octanol–water partition coefficient (Wildman–Crippen LogP) is 0.823. The van der Waals surface area contributed by atoms with Gasteiger partial charge in [-0.2, -0.15) is 5.10 Å². The predicted molar refractivity (Wildman–Crippen MR) is 46.4 cm³/mol. The molecule has 1 aromatic heterocycles. The van der Waals surface area contributed by atoms with Crippen molar-refractivity contribution >= 4 is 11.5 Å².